The van der Waals surface area contributed by atoms with E-state index in [1.54, 1.807) is 4.90 Å². The summed E-state index contributed by atoms with van der Waals surface area (Å²) in [5.41, 5.74) is 0.803. The third-order valence-electron chi connectivity index (χ3n) is 4.63. The van der Waals surface area contributed by atoms with Gasteiger partial charge >= 0.3 is 0 Å². The van der Waals surface area contributed by atoms with Crippen molar-refractivity contribution in [2.75, 3.05) is 48.8 Å². The van der Waals surface area contributed by atoms with Crippen molar-refractivity contribution < 1.29 is 9.59 Å². The highest BCUT2D eigenvalue weighted by Gasteiger charge is 2.34. The van der Waals surface area contributed by atoms with Crippen LogP contribution < -0.4 is 20.4 Å². The largest absolute Gasteiger partial charge is 0.368 e. The van der Waals surface area contributed by atoms with Gasteiger partial charge in [0, 0.05) is 56.4 Å². The lowest BCUT2D eigenvalue weighted by molar-refractivity contribution is -0.126. The fourth-order valence-electron chi connectivity index (χ4n) is 3.17. The van der Waals surface area contributed by atoms with Crippen molar-refractivity contribution in [3.63, 3.8) is 0 Å². The van der Waals surface area contributed by atoms with Crippen molar-refractivity contribution >= 4 is 45.1 Å². The van der Waals surface area contributed by atoms with E-state index < -0.39 is 0 Å². The summed E-state index contributed by atoms with van der Waals surface area (Å²) >= 11 is 3.42. The van der Waals surface area contributed by atoms with Crippen LogP contribution in [0.5, 0.6) is 0 Å². The summed E-state index contributed by atoms with van der Waals surface area (Å²) in [5.74, 6) is 1.73. The maximum atomic E-state index is 12.5. The van der Waals surface area contributed by atoms with Crippen LogP contribution in [0.1, 0.15) is 12.2 Å². The fraction of sp³-hybridized carbons (Fsp3) is 0.400. The summed E-state index contributed by atoms with van der Waals surface area (Å²) in [5, 5.41) is 6.11. The lowest BCUT2D eigenvalue weighted by atomic mass is 10.1. The average molecular weight is 461 g/mol. The van der Waals surface area contributed by atoms with Crippen molar-refractivity contribution in [1.29, 1.82) is 0 Å². The van der Waals surface area contributed by atoms with Crippen LogP contribution in [-0.2, 0) is 9.59 Å². The van der Waals surface area contributed by atoms with Crippen LogP contribution in [0.4, 0.5) is 17.3 Å². The molecule has 1 aromatic carbocycles. The minimum atomic E-state index is -0.344. The molecule has 1 saturated heterocycles. The molecule has 154 valence electrons. The molecular formula is C20H25BrN6O2. The number of halogens is 1. The normalized spacial score (nSPS) is 16.1. The molecule has 0 saturated carbocycles. The monoisotopic (exact) mass is 460 g/mol. The molecule has 9 heteroatoms. The second kappa shape index (κ2) is 9.21. The summed E-state index contributed by atoms with van der Waals surface area (Å²) in [4.78, 5) is 37.1. The molecular weight excluding hydrogens is 436 g/mol. The van der Waals surface area contributed by atoms with Gasteiger partial charge in [0.2, 0.25) is 11.8 Å². The number of nitrogens with one attached hydrogen (secondary N) is 2. The number of aryl methyl sites for hydroxylation is 1. The van der Waals surface area contributed by atoms with Crippen LogP contribution in [0.15, 0.2) is 34.8 Å². The highest BCUT2D eigenvalue weighted by molar-refractivity contribution is 9.10. The van der Waals surface area contributed by atoms with Crippen LogP contribution in [0.25, 0.3) is 0 Å². The standard InChI is InChI=1S/C20H25BrN6O2/c1-13-24-17(11-18(25-13)26(2)3)22-7-8-23-20(29)14-9-19(28)27(12-14)16-6-4-5-15(21)10-16/h4-6,10-11,14H,7-9,12H2,1-3H3,(H,23,29)(H,22,24,25). The highest BCUT2D eigenvalue weighted by atomic mass is 79.9. The lowest BCUT2D eigenvalue weighted by Crippen LogP contribution is -2.35. The van der Waals surface area contributed by atoms with E-state index in [4.69, 9.17) is 0 Å². The summed E-state index contributed by atoms with van der Waals surface area (Å²) in [6.45, 7) is 3.21. The summed E-state index contributed by atoms with van der Waals surface area (Å²) in [7, 11) is 3.85. The first-order valence-corrected chi connectivity index (χ1v) is 10.2. The number of carbonyl (C=O) groups excluding carboxylic acids is 2. The molecule has 2 aromatic rings. The van der Waals surface area contributed by atoms with Gasteiger partial charge in [-0.3, -0.25) is 9.59 Å². The number of nitrogens with zero attached hydrogens (tertiary/aromatic N) is 4. The van der Waals surface area contributed by atoms with E-state index in [1.807, 2.05) is 56.3 Å². The fourth-order valence-corrected chi connectivity index (χ4v) is 3.56. The van der Waals surface area contributed by atoms with Crippen LogP contribution in [0, 0.1) is 12.8 Å². The predicted molar refractivity (Wildman–Crippen MR) is 117 cm³/mol. The molecule has 1 fully saturated rings. The van der Waals surface area contributed by atoms with Gasteiger partial charge in [-0.2, -0.15) is 0 Å². The number of aromatic nitrogens is 2. The van der Waals surface area contributed by atoms with Crippen LogP contribution in [-0.4, -0.2) is 55.5 Å². The molecule has 1 aliphatic heterocycles. The predicted octanol–water partition coefficient (Wildman–Crippen LogP) is 2.19. The van der Waals surface area contributed by atoms with Gasteiger partial charge in [-0.15, -0.1) is 0 Å². The third-order valence-corrected chi connectivity index (χ3v) is 5.12. The molecule has 29 heavy (non-hydrogen) atoms. The van der Waals surface area contributed by atoms with E-state index in [-0.39, 0.29) is 24.2 Å². The Morgan fingerprint density at radius 1 is 1.28 bits per heavy atom. The number of hydrogen-bond acceptors (Lipinski definition) is 6. The van der Waals surface area contributed by atoms with Crippen molar-refractivity contribution in [3.05, 3.63) is 40.6 Å². The maximum absolute atomic E-state index is 12.5. The maximum Gasteiger partial charge on any atom is 0.227 e. The second-order valence-corrected chi connectivity index (χ2v) is 8.07. The summed E-state index contributed by atoms with van der Waals surface area (Å²) in [6, 6.07) is 9.40. The topological polar surface area (TPSA) is 90.5 Å². The summed E-state index contributed by atoms with van der Waals surface area (Å²) < 4.78 is 0.902. The molecule has 0 spiro atoms. The van der Waals surface area contributed by atoms with Gasteiger partial charge in [0.1, 0.15) is 17.5 Å². The van der Waals surface area contributed by atoms with Crippen LogP contribution in [0.3, 0.4) is 0 Å². The summed E-state index contributed by atoms with van der Waals surface area (Å²) in [6.07, 6.45) is 0.225. The van der Waals surface area contributed by atoms with E-state index in [9.17, 15) is 9.59 Å². The van der Waals surface area contributed by atoms with E-state index in [1.165, 1.54) is 0 Å². The Balaban J connectivity index is 1.48. The van der Waals surface area contributed by atoms with Gasteiger partial charge in [0.25, 0.3) is 0 Å². The molecule has 2 amide bonds. The Kier molecular flexibility index (Phi) is 6.68. The lowest BCUT2D eigenvalue weighted by Gasteiger charge is -2.17. The number of carbonyl (C=O) groups is 2. The Hall–Kier alpha value is -2.68. The quantitative estimate of drug-likeness (QED) is 0.615. The molecule has 1 unspecified atom stereocenters. The van der Waals surface area contributed by atoms with E-state index in [0.29, 0.717) is 31.3 Å². The van der Waals surface area contributed by atoms with Crippen molar-refractivity contribution in [2.45, 2.75) is 13.3 Å². The highest BCUT2D eigenvalue weighted by Crippen LogP contribution is 2.27. The van der Waals surface area contributed by atoms with Crippen LogP contribution >= 0.6 is 15.9 Å². The smallest absolute Gasteiger partial charge is 0.227 e. The number of anilines is 3. The Labute approximate surface area is 178 Å². The van der Waals surface area contributed by atoms with Gasteiger partial charge in [-0.25, -0.2) is 9.97 Å². The van der Waals surface area contributed by atoms with Gasteiger partial charge < -0.3 is 20.4 Å². The first-order chi connectivity index (χ1) is 13.8. The molecule has 1 aliphatic rings. The Morgan fingerprint density at radius 3 is 2.79 bits per heavy atom. The van der Waals surface area contributed by atoms with Gasteiger partial charge in [-0.1, -0.05) is 22.0 Å². The first kappa shape index (κ1) is 21.0. The third kappa shape index (κ3) is 5.44. The molecule has 0 aliphatic carbocycles. The van der Waals surface area contributed by atoms with Gasteiger partial charge in [0.05, 0.1) is 5.92 Å². The number of amides is 2. The van der Waals surface area contributed by atoms with E-state index >= 15 is 0 Å². The molecule has 2 N–H and O–H groups in total. The molecule has 2 heterocycles. The van der Waals surface area contributed by atoms with E-state index in [0.717, 1.165) is 16.0 Å². The SMILES string of the molecule is Cc1nc(NCCNC(=O)C2CC(=O)N(c3cccc(Br)c3)C2)cc(N(C)C)n1. The molecule has 1 aromatic heterocycles. The number of rotatable bonds is 7. The van der Waals surface area contributed by atoms with Crippen molar-refractivity contribution in [1.82, 2.24) is 15.3 Å². The molecule has 0 bridgehead atoms. The molecule has 0 radical (unpaired) electrons. The zero-order valence-electron chi connectivity index (χ0n) is 16.8. The minimum absolute atomic E-state index is 0.0333. The average Bonchev–Trinajstić information content (AvgIpc) is 3.06. The molecule has 8 nitrogen and oxygen atoms in total. The van der Waals surface area contributed by atoms with Crippen molar-refractivity contribution in [3.8, 4) is 0 Å². The molecule has 3 rings (SSSR count). The van der Waals surface area contributed by atoms with Crippen molar-refractivity contribution in [2.24, 2.45) is 5.92 Å². The van der Waals surface area contributed by atoms with Crippen LogP contribution in [0.2, 0.25) is 0 Å². The number of benzene rings is 1. The van der Waals surface area contributed by atoms with E-state index in [2.05, 4.69) is 36.5 Å². The molecule has 1 atom stereocenters. The van der Waals surface area contributed by atoms with Gasteiger partial charge in [-0.05, 0) is 25.1 Å². The second-order valence-electron chi connectivity index (χ2n) is 7.16. The minimum Gasteiger partial charge on any atom is -0.368 e. The zero-order chi connectivity index (χ0) is 21.0. The zero-order valence-corrected chi connectivity index (χ0v) is 18.4. The number of hydrogen-bond donors (Lipinski definition) is 2. The Morgan fingerprint density at radius 2 is 2.07 bits per heavy atom. The van der Waals surface area contributed by atoms with Gasteiger partial charge in [0.15, 0.2) is 0 Å². The Bertz CT molecular complexity index is 904. The first-order valence-electron chi connectivity index (χ1n) is 9.44.